The van der Waals surface area contributed by atoms with E-state index in [4.69, 9.17) is 10.4 Å². The van der Waals surface area contributed by atoms with E-state index in [0.717, 1.165) is 18.9 Å². The predicted octanol–water partition coefficient (Wildman–Crippen LogP) is 1.94. The standard InChI is InChI=1S/C13H13NO4/c14-6-8-3-10(12(16)5-11(8)15)9(4-13(17)18)7-1-2-7/h3,5,7,9,15-16H,1-2,4H2,(H,17,18). The van der Waals surface area contributed by atoms with Gasteiger partial charge in [0.15, 0.2) is 0 Å². The van der Waals surface area contributed by atoms with Gasteiger partial charge in [0, 0.05) is 12.0 Å². The molecule has 5 heteroatoms. The zero-order valence-corrected chi connectivity index (χ0v) is 9.63. The van der Waals surface area contributed by atoms with Gasteiger partial charge in [-0.15, -0.1) is 0 Å². The molecule has 0 aromatic heterocycles. The number of aromatic hydroxyl groups is 2. The maximum absolute atomic E-state index is 10.9. The molecule has 1 aromatic rings. The number of hydrogen-bond donors (Lipinski definition) is 3. The molecule has 1 aliphatic carbocycles. The highest BCUT2D eigenvalue weighted by molar-refractivity contribution is 5.69. The normalized spacial score (nSPS) is 15.9. The Bertz CT molecular complexity index is 529. The van der Waals surface area contributed by atoms with Crippen molar-refractivity contribution in [3.63, 3.8) is 0 Å². The van der Waals surface area contributed by atoms with Crippen molar-refractivity contribution in [2.75, 3.05) is 0 Å². The summed E-state index contributed by atoms with van der Waals surface area (Å²) in [4.78, 5) is 10.9. The molecule has 2 rings (SSSR count). The average molecular weight is 247 g/mol. The number of carboxylic acid groups (broad SMARTS) is 1. The van der Waals surface area contributed by atoms with Crippen LogP contribution in [0.5, 0.6) is 11.5 Å². The number of carboxylic acids is 1. The molecule has 0 aliphatic heterocycles. The van der Waals surface area contributed by atoms with Crippen molar-refractivity contribution in [1.82, 2.24) is 0 Å². The van der Waals surface area contributed by atoms with Crippen LogP contribution in [0.3, 0.4) is 0 Å². The van der Waals surface area contributed by atoms with E-state index in [-0.39, 0.29) is 35.3 Å². The zero-order chi connectivity index (χ0) is 13.3. The molecule has 5 nitrogen and oxygen atoms in total. The van der Waals surface area contributed by atoms with Crippen LogP contribution in [-0.4, -0.2) is 21.3 Å². The fourth-order valence-electron chi connectivity index (χ4n) is 2.20. The minimum atomic E-state index is -0.933. The molecule has 94 valence electrons. The number of carbonyl (C=O) groups is 1. The average Bonchev–Trinajstić information content (AvgIpc) is 3.10. The third-order valence-electron chi connectivity index (χ3n) is 3.25. The Morgan fingerprint density at radius 3 is 2.56 bits per heavy atom. The smallest absolute Gasteiger partial charge is 0.303 e. The molecule has 1 unspecified atom stereocenters. The van der Waals surface area contributed by atoms with Crippen LogP contribution < -0.4 is 0 Å². The van der Waals surface area contributed by atoms with Gasteiger partial charge in [-0.1, -0.05) is 0 Å². The first-order valence-electron chi connectivity index (χ1n) is 5.70. The van der Waals surface area contributed by atoms with Crippen molar-refractivity contribution in [2.45, 2.75) is 25.2 Å². The van der Waals surface area contributed by atoms with E-state index in [1.54, 1.807) is 0 Å². The maximum Gasteiger partial charge on any atom is 0.303 e. The molecular weight excluding hydrogens is 234 g/mol. The number of aliphatic carboxylic acids is 1. The molecule has 0 amide bonds. The van der Waals surface area contributed by atoms with E-state index in [9.17, 15) is 15.0 Å². The Hall–Kier alpha value is -2.22. The van der Waals surface area contributed by atoms with Gasteiger partial charge in [-0.3, -0.25) is 4.79 Å². The Morgan fingerprint density at radius 2 is 2.06 bits per heavy atom. The number of rotatable bonds is 4. The molecule has 0 heterocycles. The summed E-state index contributed by atoms with van der Waals surface area (Å²) in [6, 6.07) is 4.31. The van der Waals surface area contributed by atoms with Crippen molar-refractivity contribution in [1.29, 1.82) is 5.26 Å². The van der Waals surface area contributed by atoms with Crippen LogP contribution in [0.4, 0.5) is 0 Å². The van der Waals surface area contributed by atoms with Crippen LogP contribution in [0.25, 0.3) is 0 Å². The van der Waals surface area contributed by atoms with Crippen LogP contribution in [-0.2, 0) is 4.79 Å². The maximum atomic E-state index is 10.9. The predicted molar refractivity (Wildman–Crippen MR) is 62.2 cm³/mol. The Balaban J connectivity index is 2.41. The molecule has 0 radical (unpaired) electrons. The fourth-order valence-corrected chi connectivity index (χ4v) is 2.20. The van der Waals surface area contributed by atoms with Gasteiger partial charge in [-0.2, -0.15) is 5.26 Å². The molecule has 3 N–H and O–H groups in total. The number of hydrogen-bond acceptors (Lipinski definition) is 4. The Labute approximate surface area is 104 Å². The first kappa shape index (κ1) is 12.2. The van der Waals surface area contributed by atoms with Gasteiger partial charge >= 0.3 is 5.97 Å². The van der Waals surface area contributed by atoms with E-state index < -0.39 is 5.97 Å². The van der Waals surface area contributed by atoms with Gasteiger partial charge in [0.2, 0.25) is 0 Å². The molecule has 0 spiro atoms. The summed E-state index contributed by atoms with van der Waals surface area (Å²) in [6.07, 6.45) is 1.79. The summed E-state index contributed by atoms with van der Waals surface area (Å²) in [5.74, 6) is -1.43. The van der Waals surface area contributed by atoms with E-state index in [1.165, 1.54) is 6.07 Å². The van der Waals surface area contributed by atoms with Crippen molar-refractivity contribution in [2.24, 2.45) is 5.92 Å². The Kier molecular flexibility index (Phi) is 3.11. The number of nitriles is 1. The van der Waals surface area contributed by atoms with E-state index in [0.29, 0.717) is 5.56 Å². The molecule has 1 atom stereocenters. The SMILES string of the molecule is N#Cc1cc(C(CC(=O)O)C2CC2)c(O)cc1O. The monoisotopic (exact) mass is 247 g/mol. The zero-order valence-electron chi connectivity index (χ0n) is 9.63. The van der Waals surface area contributed by atoms with Crippen LogP contribution >= 0.6 is 0 Å². The number of nitrogens with zero attached hydrogens (tertiary/aromatic N) is 1. The van der Waals surface area contributed by atoms with Crippen LogP contribution in [0, 0.1) is 17.2 Å². The van der Waals surface area contributed by atoms with Crippen molar-refractivity contribution in [3.8, 4) is 17.6 Å². The molecule has 1 aromatic carbocycles. The van der Waals surface area contributed by atoms with Gasteiger partial charge in [0.05, 0.1) is 12.0 Å². The van der Waals surface area contributed by atoms with Crippen LogP contribution in [0.2, 0.25) is 0 Å². The topological polar surface area (TPSA) is 102 Å². The second-order valence-corrected chi connectivity index (χ2v) is 4.58. The highest BCUT2D eigenvalue weighted by Gasteiger charge is 2.35. The molecule has 1 fully saturated rings. The van der Waals surface area contributed by atoms with Crippen LogP contribution in [0.1, 0.15) is 36.3 Å². The summed E-state index contributed by atoms with van der Waals surface area (Å²) in [7, 11) is 0. The lowest BCUT2D eigenvalue weighted by molar-refractivity contribution is -0.137. The lowest BCUT2D eigenvalue weighted by atomic mass is 9.89. The summed E-state index contributed by atoms with van der Waals surface area (Å²) in [5.41, 5.74) is 0.494. The van der Waals surface area contributed by atoms with E-state index >= 15 is 0 Å². The molecule has 0 saturated heterocycles. The summed E-state index contributed by atoms with van der Waals surface area (Å²) in [5, 5.41) is 37.0. The third kappa shape index (κ3) is 2.38. The quantitative estimate of drug-likeness (QED) is 0.754. The Morgan fingerprint density at radius 1 is 1.39 bits per heavy atom. The first-order valence-corrected chi connectivity index (χ1v) is 5.70. The first-order chi connectivity index (χ1) is 8.52. The second-order valence-electron chi connectivity index (χ2n) is 4.58. The van der Waals surface area contributed by atoms with E-state index in [1.807, 2.05) is 6.07 Å². The highest BCUT2D eigenvalue weighted by atomic mass is 16.4. The molecule has 0 bridgehead atoms. The summed E-state index contributed by atoms with van der Waals surface area (Å²) < 4.78 is 0. The van der Waals surface area contributed by atoms with Gasteiger partial charge in [0.1, 0.15) is 17.6 Å². The second kappa shape index (κ2) is 4.57. The minimum Gasteiger partial charge on any atom is -0.508 e. The van der Waals surface area contributed by atoms with Crippen LogP contribution in [0.15, 0.2) is 12.1 Å². The lowest BCUT2D eigenvalue weighted by Gasteiger charge is -2.16. The third-order valence-corrected chi connectivity index (χ3v) is 3.25. The molecular formula is C13H13NO4. The van der Waals surface area contributed by atoms with Crippen molar-refractivity contribution >= 4 is 5.97 Å². The molecule has 1 saturated carbocycles. The van der Waals surface area contributed by atoms with Crippen molar-refractivity contribution < 1.29 is 20.1 Å². The van der Waals surface area contributed by atoms with Gasteiger partial charge in [-0.25, -0.2) is 0 Å². The minimum absolute atomic E-state index is 0.0545. The number of benzene rings is 1. The molecule has 1 aliphatic rings. The van der Waals surface area contributed by atoms with Gasteiger partial charge in [-0.05, 0) is 30.4 Å². The number of phenols is 2. The molecule has 18 heavy (non-hydrogen) atoms. The van der Waals surface area contributed by atoms with Crippen molar-refractivity contribution in [3.05, 3.63) is 23.3 Å². The van der Waals surface area contributed by atoms with Gasteiger partial charge < -0.3 is 15.3 Å². The van der Waals surface area contributed by atoms with E-state index in [2.05, 4.69) is 0 Å². The fraction of sp³-hybridized carbons (Fsp3) is 0.385. The summed E-state index contributed by atoms with van der Waals surface area (Å²) >= 11 is 0. The largest absolute Gasteiger partial charge is 0.508 e. The number of phenolic OH excluding ortho intramolecular Hbond substituents is 2. The van der Waals surface area contributed by atoms with Gasteiger partial charge in [0.25, 0.3) is 0 Å². The highest BCUT2D eigenvalue weighted by Crippen LogP contribution is 2.47. The lowest BCUT2D eigenvalue weighted by Crippen LogP contribution is -2.09. The summed E-state index contributed by atoms with van der Waals surface area (Å²) in [6.45, 7) is 0.